The minimum atomic E-state index is -1.04. The number of imide groups is 1. The van der Waals surface area contributed by atoms with Crippen molar-refractivity contribution in [1.82, 2.24) is 0 Å². The number of hydrogen-bond donors (Lipinski definition) is 1. The van der Waals surface area contributed by atoms with Gasteiger partial charge in [-0.2, -0.15) is 0 Å². The zero-order chi connectivity index (χ0) is 14.4. The quantitative estimate of drug-likeness (QED) is 0.839. The summed E-state index contributed by atoms with van der Waals surface area (Å²) >= 11 is 1.28. The lowest BCUT2D eigenvalue weighted by atomic mass is 10.2. The van der Waals surface area contributed by atoms with Crippen molar-refractivity contribution in [3.8, 4) is 0 Å². The van der Waals surface area contributed by atoms with Gasteiger partial charge in [-0.3, -0.25) is 9.59 Å². The van der Waals surface area contributed by atoms with Crippen LogP contribution in [0, 0.1) is 0 Å². The molecule has 1 aromatic carbocycles. The van der Waals surface area contributed by atoms with Crippen molar-refractivity contribution in [3.63, 3.8) is 0 Å². The Balaban J connectivity index is 0.000000861. The highest BCUT2D eigenvalue weighted by Gasteiger charge is 2.27. The Morgan fingerprint density at radius 3 is 2.00 bits per heavy atom. The molecule has 0 radical (unpaired) electrons. The van der Waals surface area contributed by atoms with Crippen LogP contribution in [0.25, 0.3) is 0 Å². The maximum atomic E-state index is 11.6. The summed E-state index contributed by atoms with van der Waals surface area (Å²) in [5.74, 6) is -1.04. The zero-order valence-corrected chi connectivity index (χ0v) is 11.6. The molecule has 5 nitrogen and oxygen atoms in total. The highest BCUT2D eigenvalue weighted by atomic mass is 32.2. The molecule has 1 heterocycles. The van der Waals surface area contributed by atoms with E-state index in [1.807, 2.05) is 13.8 Å². The minimum Gasteiger partial charge on any atom is -0.478 e. The number of carbonyl (C=O) groups is 3. The molecular weight excluding hydrogens is 266 g/mol. The normalized spacial score (nSPS) is 14.7. The lowest BCUT2D eigenvalue weighted by molar-refractivity contribution is -0.124. The SMILES string of the molecule is CC.O=C(O)c1ccc(N2C(=O)CSCC2=O)cc1. The van der Waals surface area contributed by atoms with Gasteiger partial charge in [-0.1, -0.05) is 13.8 Å². The second-order valence-electron chi connectivity index (χ2n) is 3.47. The fourth-order valence-corrected chi connectivity index (χ4v) is 2.24. The van der Waals surface area contributed by atoms with Gasteiger partial charge in [0.05, 0.1) is 22.8 Å². The van der Waals surface area contributed by atoms with Crippen LogP contribution in [0.4, 0.5) is 5.69 Å². The molecule has 1 N–H and O–H groups in total. The summed E-state index contributed by atoms with van der Waals surface area (Å²) in [5, 5.41) is 8.74. The number of carboxylic acids is 1. The van der Waals surface area contributed by atoms with Crippen molar-refractivity contribution in [2.45, 2.75) is 13.8 Å². The van der Waals surface area contributed by atoms with Crippen molar-refractivity contribution < 1.29 is 19.5 Å². The molecule has 1 fully saturated rings. The molecular formula is C13H15NO4S. The van der Waals surface area contributed by atoms with E-state index in [-0.39, 0.29) is 28.9 Å². The minimum absolute atomic E-state index is 0.125. The van der Waals surface area contributed by atoms with Crippen LogP contribution in [0.15, 0.2) is 24.3 Å². The molecule has 1 aromatic rings. The molecule has 1 saturated heterocycles. The van der Waals surface area contributed by atoms with Gasteiger partial charge in [-0.25, -0.2) is 9.69 Å². The monoisotopic (exact) mass is 281 g/mol. The first-order valence-electron chi connectivity index (χ1n) is 5.86. The lowest BCUT2D eigenvalue weighted by Crippen LogP contribution is -2.43. The molecule has 0 bridgehead atoms. The molecule has 0 aliphatic carbocycles. The van der Waals surface area contributed by atoms with E-state index in [1.165, 1.54) is 36.0 Å². The van der Waals surface area contributed by atoms with Crippen molar-refractivity contribution >= 4 is 35.2 Å². The zero-order valence-electron chi connectivity index (χ0n) is 10.8. The van der Waals surface area contributed by atoms with Gasteiger partial charge in [-0.05, 0) is 24.3 Å². The Morgan fingerprint density at radius 2 is 1.58 bits per heavy atom. The molecule has 1 aliphatic rings. The number of carbonyl (C=O) groups excluding carboxylic acids is 2. The number of carboxylic acid groups (broad SMARTS) is 1. The number of rotatable bonds is 2. The van der Waals surface area contributed by atoms with Gasteiger partial charge in [0.25, 0.3) is 0 Å². The standard InChI is InChI=1S/C11H9NO4S.C2H6/c13-9-5-17-6-10(14)12(9)8-3-1-7(2-4-8)11(15)16;1-2/h1-4H,5-6H2,(H,15,16);1-2H3. The first-order chi connectivity index (χ1) is 9.09. The third-order valence-corrected chi connectivity index (χ3v) is 3.22. The number of thioether (sulfide) groups is 1. The van der Waals surface area contributed by atoms with Crippen LogP contribution in [-0.4, -0.2) is 34.4 Å². The molecule has 19 heavy (non-hydrogen) atoms. The number of benzene rings is 1. The summed E-state index contributed by atoms with van der Waals surface area (Å²) in [6, 6.07) is 5.68. The van der Waals surface area contributed by atoms with Crippen molar-refractivity contribution in [3.05, 3.63) is 29.8 Å². The third kappa shape index (κ3) is 3.57. The maximum Gasteiger partial charge on any atom is 0.335 e. The van der Waals surface area contributed by atoms with E-state index in [2.05, 4.69) is 0 Å². The van der Waals surface area contributed by atoms with Gasteiger partial charge in [0, 0.05) is 0 Å². The third-order valence-electron chi connectivity index (χ3n) is 2.32. The van der Waals surface area contributed by atoms with Crippen LogP contribution in [0.5, 0.6) is 0 Å². The summed E-state index contributed by atoms with van der Waals surface area (Å²) in [4.78, 5) is 34.9. The van der Waals surface area contributed by atoms with Crippen molar-refractivity contribution in [2.24, 2.45) is 0 Å². The fraction of sp³-hybridized carbons (Fsp3) is 0.308. The van der Waals surface area contributed by atoms with Crippen LogP contribution in [0.1, 0.15) is 24.2 Å². The van der Waals surface area contributed by atoms with E-state index in [0.717, 1.165) is 4.90 Å². The van der Waals surface area contributed by atoms with E-state index in [1.54, 1.807) is 0 Å². The summed E-state index contributed by atoms with van der Waals surface area (Å²) < 4.78 is 0. The number of anilines is 1. The molecule has 6 heteroatoms. The highest BCUT2D eigenvalue weighted by Crippen LogP contribution is 2.21. The van der Waals surface area contributed by atoms with Crippen LogP contribution in [-0.2, 0) is 9.59 Å². The molecule has 0 aromatic heterocycles. The van der Waals surface area contributed by atoms with E-state index in [4.69, 9.17) is 5.11 Å². The molecule has 0 spiro atoms. The van der Waals surface area contributed by atoms with Crippen LogP contribution in [0.2, 0.25) is 0 Å². The Bertz CT molecular complexity index is 468. The second-order valence-corrected chi connectivity index (χ2v) is 4.45. The number of hydrogen-bond acceptors (Lipinski definition) is 4. The smallest absolute Gasteiger partial charge is 0.335 e. The first kappa shape index (κ1) is 15.2. The Morgan fingerprint density at radius 1 is 1.11 bits per heavy atom. The molecule has 2 rings (SSSR count). The maximum absolute atomic E-state index is 11.6. The second kappa shape index (κ2) is 6.94. The Kier molecular flexibility index (Phi) is 5.57. The molecule has 0 unspecified atom stereocenters. The van der Waals surface area contributed by atoms with E-state index >= 15 is 0 Å². The summed E-state index contributed by atoms with van der Waals surface area (Å²) in [6.45, 7) is 4.00. The summed E-state index contributed by atoms with van der Waals surface area (Å²) in [6.07, 6.45) is 0. The predicted molar refractivity (Wildman–Crippen MR) is 74.6 cm³/mol. The largest absolute Gasteiger partial charge is 0.478 e. The van der Waals surface area contributed by atoms with Gasteiger partial charge in [0.1, 0.15) is 0 Å². The van der Waals surface area contributed by atoms with Gasteiger partial charge >= 0.3 is 5.97 Å². The highest BCUT2D eigenvalue weighted by molar-refractivity contribution is 8.00. The van der Waals surface area contributed by atoms with Gasteiger partial charge in [0.15, 0.2) is 0 Å². The fourth-order valence-electron chi connectivity index (χ4n) is 1.53. The Hall–Kier alpha value is -1.82. The van der Waals surface area contributed by atoms with E-state index < -0.39 is 5.97 Å². The van der Waals surface area contributed by atoms with Crippen LogP contribution in [0.3, 0.4) is 0 Å². The van der Waals surface area contributed by atoms with Crippen molar-refractivity contribution in [1.29, 1.82) is 0 Å². The molecule has 102 valence electrons. The van der Waals surface area contributed by atoms with Crippen molar-refractivity contribution in [2.75, 3.05) is 16.4 Å². The number of amides is 2. The molecule has 0 saturated carbocycles. The van der Waals surface area contributed by atoms with E-state index in [9.17, 15) is 14.4 Å². The average Bonchev–Trinajstić information content (AvgIpc) is 2.41. The van der Waals surface area contributed by atoms with Gasteiger partial charge in [0.2, 0.25) is 11.8 Å². The average molecular weight is 281 g/mol. The summed E-state index contributed by atoms with van der Waals surface area (Å²) in [5.41, 5.74) is 0.547. The number of nitrogens with zero attached hydrogens (tertiary/aromatic N) is 1. The topological polar surface area (TPSA) is 74.7 Å². The number of aromatic carboxylic acids is 1. The van der Waals surface area contributed by atoms with Crippen LogP contribution >= 0.6 is 11.8 Å². The Labute approximate surface area is 115 Å². The molecule has 2 amide bonds. The van der Waals surface area contributed by atoms with Crippen LogP contribution < -0.4 is 4.90 Å². The molecule has 1 aliphatic heterocycles. The first-order valence-corrected chi connectivity index (χ1v) is 7.02. The summed E-state index contributed by atoms with van der Waals surface area (Å²) in [7, 11) is 0. The predicted octanol–water partition coefficient (Wildman–Crippen LogP) is 2.02. The van der Waals surface area contributed by atoms with Gasteiger partial charge < -0.3 is 5.11 Å². The van der Waals surface area contributed by atoms with Gasteiger partial charge in [-0.15, -0.1) is 11.8 Å². The molecule has 0 atom stereocenters. The lowest BCUT2D eigenvalue weighted by Gasteiger charge is -2.24. The van der Waals surface area contributed by atoms with E-state index in [0.29, 0.717) is 5.69 Å².